The Morgan fingerprint density at radius 2 is 2.00 bits per heavy atom. The van der Waals surface area contributed by atoms with E-state index in [-0.39, 0.29) is 41.5 Å². The molecule has 1 atom stereocenters. The van der Waals surface area contributed by atoms with Gasteiger partial charge in [0.25, 0.3) is 5.56 Å². The zero-order valence-corrected chi connectivity index (χ0v) is 16.6. The van der Waals surface area contributed by atoms with Crippen LogP contribution in [-0.4, -0.2) is 15.5 Å². The first kappa shape index (κ1) is 21.8. The van der Waals surface area contributed by atoms with Gasteiger partial charge in [0.05, 0.1) is 0 Å². The largest absolute Gasteiger partial charge is 0.471 e. The first-order valence-corrected chi connectivity index (χ1v) is 9.16. The summed E-state index contributed by atoms with van der Waals surface area (Å²) >= 11 is 6.13. The van der Waals surface area contributed by atoms with Crippen molar-refractivity contribution in [3.8, 4) is 5.88 Å². The quantitative estimate of drug-likeness (QED) is 0.714. The van der Waals surface area contributed by atoms with Gasteiger partial charge in [0.1, 0.15) is 24.1 Å². The van der Waals surface area contributed by atoms with E-state index >= 15 is 0 Å². The maximum Gasteiger partial charge on any atom is 0.276 e. The van der Waals surface area contributed by atoms with Gasteiger partial charge in [0.2, 0.25) is 11.8 Å². The molecule has 28 heavy (non-hydrogen) atoms. The van der Waals surface area contributed by atoms with Crippen molar-refractivity contribution in [3.63, 3.8) is 0 Å². The summed E-state index contributed by atoms with van der Waals surface area (Å²) in [7, 11) is 0. The SMILES string of the molecule is CC(CCC(N)=O)c1nc(OCc2ccc(F)cc2F)c(Cl)c(=O)n1C(C)C. The topological polar surface area (TPSA) is 87.2 Å². The number of carbonyl (C=O) groups excluding carboxylic acids is 1. The second kappa shape index (κ2) is 9.14. The summed E-state index contributed by atoms with van der Waals surface area (Å²) < 4.78 is 33.7. The lowest BCUT2D eigenvalue weighted by Gasteiger charge is -2.21. The molecule has 0 aliphatic heterocycles. The van der Waals surface area contributed by atoms with Crippen LogP contribution in [0.25, 0.3) is 0 Å². The molecule has 1 heterocycles. The van der Waals surface area contributed by atoms with Crippen LogP contribution in [0.2, 0.25) is 5.02 Å². The van der Waals surface area contributed by atoms with E-state index in [4.69, 9.17) is 22.1 Å². The van der Waals surface area contributed by atoms with Crippen LogP contribution >= 0.6 is 11.6 Å². The molecule has 0 spiro atoms. The molecule has 9 heteroatoms. The van der Waals surface area contributed by atoms with E-state index in [2.05, 4.69) is 4.98 Å². The van der Waals surface area contributed by atoms with Gasteiger partial charge < -0.3 is 10.5 Å². The van der Waals surface area contributed by atoms with Crippen LogP contribution in [0.15, 0.2) is 23.0 Å². The summed E-state index contributed by atoms with van der Waals surface area (Å²) in [6, 6.07) is 2.85. The lowest BCUT2D eigenvalue weighted by atomic mass is 10.0. The Balaban J connectivity index is 2.38. The summed E-state index contributed by atoms with van der Waals surface area (Å²) in [5.74, 6) is -1.97. The predicted molar refractivity (Wildman–Crippen MR) is 101 cm³/mol. The Labute approximate surface area is 166 Å². The fourth-order valence-corrected chi connectivity index (χ4v) is 2.91. The maximum atomic E-state index is 13.8. The summed E-state index contributed by atoms with van der Waals surface area (Å²) in [6.45, 7) is 5.14. The number of nitrogens with zero attached hydrogens (tertiary/aromatic N) is 2. The number of rotatable bonds is 8. The lowest BCUT2D eigenvalue weighted by Crippen LogP contribution is -2.29. The van der Waals surface area contributed by atoms with E-state index in [1.165, 1.54) is 10.6 Å². The van der Waals surface area contributed by atoms with Gasteiger partial charge in [-0.2, -0.15) is 4.98 Å². The highest BCUT2D eigenvalue weighted by molar-refractivity contribution is 6.31. The minimum atomic E-state index is -0.776. The summed E-state index contributed by atoms with van der Waals surface area (Å²) in [5.41, 5.74) is 4.80. The van der Waals surface area contributed by atoms with Gasteiger partial charge in [-0.15, -0.1) is 0 Å². The molecule has 0 aliphatic carbocycles. The molecule has 1 aromatic carbocycles. The van der Waals surface area contributed by atoms with Crippen molar-refractivity contribution in [2.24, 2.45) is 5.73 Å². The molecule has 1 unspecified atom stereocenters. The first-order chi connectivity index (χ1) is 13.1. The second-order valence-electron chi connectivity index (χ2n) is 6.79. The highest BCUT2D eigenvalue weighted by Gasteiger charge is 2.22. The van der Waals surface area contributed by atoms with Gasteiger partial charge >= 0.3 is 0 Å². The first-order valence-electron chi connectivity index (χ1n) is 8.78. The highest BCUT2D eigenvalue weighted by atomic mass is 35.5. The second-order valence-corrected chi connectivity index (χ2v) is 7.17. The number of primary amides is 1. The molecule has 0 saturated carbocycles. The minimum absolute atomic E-state index is 0.0932. The van der Waals surface area contributed by atoms with Gasteiger partial charge in [0.15, 0.2) is 5.02 Å². The van der Waals surface area contributed by atoms with E-state index in [0.717, 1.165) is 12.1 Å². The highest BCUT2D eigenvalue weighted by Crippen LogP contribution is 2.27. The van der Waals surface area contributed by atoms with E-state index in [0.29, 0.717) is 12.2 Å². The molecular formula is C19H22ClF2N3O3. The van der Waals surface area contributed by atoms with Gasteiger partial charge in [-0.25, -0.2) is 8.78 Å². The van der Waals surface area contributed by atoms with Gasteiger partial charge in [-0.3, -0.25) is 14.2 Å². The minimum Gasteiger partial charge on any atom is -0.471 e. The van der Waals surface area contributed by atoms with E-state index in [1.54, 1.807) is 20.8 Å². The van der Waals surface area contributed by atoms with Crippen LogP contribution in [-0.2, 0) is 11.4 Å². The summed E-state index contributed by atoms with van der Waals surface area (Å²) in [4.78, 5) is 28.2. The molecule has 2 aromatic rings. The number of hydrogen-bond donors (Lipinski definition) is 1. The third kappa shape index (κ3) is 5.07. The number of carbonyl (C=O) groups is 1. The van der Waals surface area contributed by atoms with E-state index in [1.807, 2.05) is 0 Å². The molecular weight excluding hydrogens is 392 g/mol. The Hall–Kier alpha value is -2.48. The van der Waals surface area contributed by atoms with Crippen LogP contribution in [0.3, 0.4) is 0 Å². The molecule has 6 nitrogen and oxygen atoms in total. The standard InChI is InChI=1S/C19H22ClF2N3O3/c1-10(2)25-17(11(3)4-7-15(23)26)24-18(16(20)19(25)27)28-9-12-5-6-13(21)8-14(12)22/h5-6,8,10-11H,4,7,9H2,1-3H3,(H2,23,26). The Morgan fingerprint density at radius 3 is 2.57 bits per heavy atom. The molecule has 0 aliphatic rings. The monoisotopic (exact) mass is 413 g/mol. The zero-order valence-electron chi connectivity index (χ0n) is 15.8. The fourth-order valence-electron chi connectivity index (χ4n) is 2.72. The number of ether oxygens (including phenoxy) is 1. The van der Waals surface area contributed by atoms with Crippen molar-refractivity contribution in [2.75, 3.05) is 0 Å². The normalized spacial score (nSPS) is 12.2. The molecule has 0 bridgehead atoms. The lowest BCUT2D eigenvalue weighted by molar-refractivity contribution is -0.118. The Bertz CT molecular complexity index is 931. The number of nitrogens with two attached hydrogens (primary N) is 1. The van der Waals surface area contributed by atoms with Gasteiger partial charge in [-0.05, 0) is 32.4 Å². The average molecular weight is 414 g/mol. The van der Waals surface area contributed by atoms with Crippen LogP contribution in [0.1, 0.15) is 57.0 Å². The van der Waals surface area contributed by atoms with Gasteiger partial charge in [0, 0.05) is 30.0 Å². The van der Waals surface area contributed by atoms with Crippen LogP contribution in [0.4, 0.5) is 8.78 Å². The number of benzene rings is 1. The number of halogens is 3. The molecule has 2 N–H and O–H groups in total. The maximum absolute atomic E-state index is 13.8. The number of hydrogen-bond acceptors (Lipinski definition) is 4. The van der Waals surface area contributed by atoms with Crippen molar-refractivity contribution in [3.05, 3.63) is 56.6 Å². The fraction of sp³-hybridized carbons (Fsp3) is 0.421. The number of amides is 1. The summed E-state index contributed by atoms with van der Waals surface area (Å²) in [6.07, 6.45) is 0.525. The molecule has 152 valence electrons. The zero-order chi connectivity index (χ0) is 21.0. The van der Waals surface area contributed by atoms with Gasteiger partial charge in [-0.1, -0.05) is 18.5 Å². The number of aromatic nitrogens is 2. The van der Waals surface area contributed by atoms with Crippen molar-refractivity contribution in [2.45, 2.75) is 52.2 Å². The average Bonchev–Trinajstić information content (AvgIpc) is 2.61. The predicted octanol–water partition coefficient (Wildman–Crippen LogP) is 3.70. The molecule has 1 aromatic heterocycles. The van der Waals surface area contributed by atoms with E-state index in [9.17, 15) is 18.4 Å². The van der Waals surface area contributed by atoms with Crippen LogP contribution in [0, 0.1) is 11.6 Å². The van der Waals surface area contributed by atoms with Crippen LogP contribution in [0.5, 0.6) is 5.88 Å². The van der Waals surface area contributed by atoms with Crippen LogP contribution < -0.4 is 16.0 Å². The smallest absolute Gasteiger partial charge is 0.276 e. The summed E-state index contributed by atoms with van der Waals surface area (Å²) in [5, 5.41) is -0.234. The molecule has 1 amide bonds. The van der Waals surface area contributed by atoms with Crippen molar-refractivity contribution in [1.82, 2.24) is 9.55 Å². The third-order valence-corrected chi connectivity index (χ3v) is 4.54. The van der Waals surface area contributed by atoms with Crippen molar-refractivity contribution in [1.29, 1.82) is 0 Å². The Morgan fingerprint density at radius 1 is 1.32 bits per heavy atom. The molecule has 0 saturated heterocycles. The Kier molecular flexibility index (Phi) is 7.12. The third-order valence-electron chi connectivity index (χ3n) is 4.22. The van der Waals surface area contributed by atoms with E-state index < -0.39 is 23.1 Å². The van der Waals surface area contributed by atoms with Crippen molar-refractivity contribution >= 4 is 17.5 Å². The van der Waals surface area contributed by atoms with Crippen molar-refractivity contribution < 1.29 is 18.3 Å². The molecule has 0 radical (unpaired) electrons. The molecule has 2 rings (SSSR count). The molecule has 0 fully saturated rings.